The van der Waals surface area contributed by atoms with Gasteiger partial charge in [-0.2, -0.15) is 5.10 Å². The molecule has 1 saturated carbocycles. The van der Waals surface area contributed by atoms with Crippen LogP contribution in [0.4, 0.5) is 0 Å². The van der Waals surface area contributed by atoms with Crippen molar-refractivity contribution in [2.75, 3.05) is 6.54 Å². The lowest BCUT2D eigenvalue weighted by Gasteiger charge is -2.28. The molecule has 0 aromatic carbocycles. The molecule has 90 valence electrons. The van der Waals surface area contributed by atoms with Gasteiger partial charge < -0.3 is 5.32 Å². The Morgan fingerprint density at radius 1 is 1.44 bits per heavy atom. The normalized spacial score (nSPS) is 19.8. The van der Waals surface area contributed by atoms with E-state index in [0.29, 0.717) is 6.04 Å². The summed E-state index contributed by atoms with van der Waals surface area (Å²) in [7, 11) is 0. The number of aromatic nitrogens is 3. The van der Waals surface area contributed by atoms with Crippen molar-refractivity contribution in [2.45, 2.75) is 51.5 Å². The molecule has 1 heterocycles. The molecule has 1 unspecified atom stereocenters. The third-order valence-electron chi connectivity index (χ3n) is 3.65. The van der Waals surface area contributed by atoms with Crippen LogP contribution in [0.5, 0.6) is 0 Å². The standard InChI is InChI=1S/C12H22N4/c1-10(11-5-3-2-4-6-11)13-8-7-12-14-9-15-16-12/h9-11,13H,2-8H2,1H3,(H,14,15,16). The fourth-order valence-electron chi connectivity index (χ4n) is 2.57. The van der Waals surface area contributed by atoms with Crippen molar-refractivity contribution in [2.24, 2.45) is 5.92 Å². The topological polar surface area (TPSA) is 53.6 Å². The van der Waals surface area contributed by atoms with E-state index in [0.717, 1.165) is 24.7 Å². The van der Waals surface area contributed by atoms with Gasteiger partial charge in [0, 0.05) is 19.0 Å². The van der Waals surface area contributed by atoms with Crippen molar-refractivity contribution in [3.05, 3.63) is 12.2 Å². The largest absolute Gasteiger partial charge is 0.314 e. The predicted molar refractivity (Wildman–Crippen MR) is 64.1 cm³/mol. The average molecular weight is 222 g/mol. The highest BCUT2D eigenvalue weighted by atomic mass is 15.2. The molecular weight excluding hydrogens is 200 g/mol. The molecule has 0 aliphatic heterocycles. The van der Waals surface area contributed by atoms with Crippen LogP contribution in [0.25, 0.3) is 0 Å². The van der Waals surface area contributed by atoms with Gasteiger partial charge >= 0.3 is 0 Å². The van der Waals surface area contributed by atoms with Crippen molar-refractivity contribution in [3.63, 3.8) is 0 Å². The second-order valence-electron chi connectivity index (χ2n) is 4.82. The molecule has 1 aliphatic rings. The average Bonchev–Trinajstić information content (AvgIpc) is 2.83. The zero-order chi connectivity index (χ0) is 11.2. The highest BCUT2D eigenvalue weighted by Gasteiger charge is 2.19. The summed E-state index contributed by atoms with van der Waals surface area (Å²) in [6, 6.07) is 0.642. The Morgan fingerprint density at radius 3 is 2.94 bits per heavy atom. The van der Waals surface area contributed by atoms with E-state index in [1.165, 1.54) is 32.1 Å². The van der Waals surface area contributed by atoms with Crippen LogP contribution >= 0.6 is 0 Å². The van der Waals surface area contributed by atoms with Crippen LogP contribution < -0.4 is 5.32 Å². The number of hydrogen-bond acceptors (Lipinski definition) is 3. The summed E-state index contributed by atoms with van der Waals surface area (Å²) in [4.78, 5) is 4.12. The van der Waals surface area contributed by atoms with Crippen molar-refractivity contribution < 1.29 is 0 Å². The Labute approximate surface area is 97.2 Å². The van der Waals surface area contributed by atoms with Gasteiger partial charge in [0.1, 0.15) is 12.2 Å². The molecule has 16 heavy (non-hydrogen) atoms. The van der Waals surface area contributed by atoms with Crippen molar-refractivity contribution in [3.8, 4) is 0 Å². The molecule has 0 spiro atoms. The van der Waals surface area contributed by atoms with E-state index in [9.17, 15) is 0 Å². The lowest BCUT2D eigenvalue weighted by atomic mass is 9.84. The van der Waals surface area contributed by atoms with E-state index in [2.05, 4.69) is 27.4 Å². The van der Waals surface area contributed by atoms with E-state index in [4.69, 9.17) is 0 Å². The number of nitrogens with zero attached hydrogens (tertiary/aromatic N) is 2. The Hall–Kier alpha value is -0.900. The second kappa shape index (κ2) is 5.99. The van der Waals surface area contributed by atoms with Gasteiger partial charge in [0.2, 0.25) is 0 Å². The van der Waals surface area contributed by atoms with Crippen molar-refractivity contribution >= 4 is 0 Å². The first-order valence-corrected chi connectivity index (χ1v) is 6.44. The first-order chi connectivity index (χ1) is 7.86. The molecule has 1 fully saturated rings. The molecule has 4 heteroatoms. The molecule has 2 rings (SSSR count). The fourth-order valence-corrected chi connectivity index (χ4v) is 2.57. The summed E-state index contributed by atoms with van der Waals surface area (Å²) < 4.78 is 0. The summed E-state index contributed by atoms with van der Waals surface area (Å²) >= 11 is 0. The summed E-state index contributed by atoms with van der Waals surface area (Å²) in [5.74, 6) is 1.85. The van der Waals surface area contributed by atoms with E-state index in [1.807, 2.05) is 0 Å². The van der Waals surface area contributed by atoms with Crippen LogP contribution in [0.3, 0.4) is 0 Å². The molecular formula is C12H22N4. The Balaban J connectivity index is 1.65. The molecule has 1 aromatic heterocycles. The summed E-state index contributed by atoms with van der Waals surface area (Å²) in [5, 5.41) is 10.3. The summed E-state index contributed by atoms with van der Waals surface area (Å²) in [6.45, 7) is 3.31. The molecule has 1 aliphatic carbocycles. The first kappa shape index (κ1) is 11.6. The van der Waals surface area contributed by atoms with E-state index in [-0.39, 0.29) is 0 Å². The van der Waals surface area contributed by atoms with Crippen LogP contribution in [0.1, 0.15) is 44.9 Å². The molecule has 1 aromatic rings. The number of hydrogen-bond donors (Lipinski definition) is 2. The van der Waals surface area contributed by atoms with E-state index < -0.39 is 0 Å². The van der Waals surface area contributed by atoms with E-state index >= 15 is 0 Å². The van der Waals surface area contributed by atoms with Crippen LogP contribution in [0.15, 0.2) is 6.33 Å². The Morgan fingerprint density at radius 2 is 2.25 bits per heavy atom. The van der Waals surface area contributed by atoms with Crippen LogP contribution in [-0.2, 0) is 6.42 Å². The zero-order valence-corrected chi connectivity index (χ0v) is 10.1. The summed E-state index contributed by atoms with van der Waals surface area (Å²) in [5.41, 5.74) is 0. The molecule has 0 amide bonds. The van der Waals surface area contributed by atoms with Gasteiger partial charge in [-0.3, -0.25) is 5.10 Å². The van der Waals surface area contributed by atoms with Gasteiger partial charge in [-0.1, -0.05) is 19.3 Å². The van der Waals surface area contributed by atoms with Gasteiger partial charge in [-0.05, 0) is 25.7 Å². The monoisotopic (exact) mass is 222 g/mol. The lowest BCUT2D eigenvalue weighted by molar-refractivity contribution is 0.282. The fraction of sp³-hybridized carbons (Fsp3) is 0.833. The first-order valence-electron chi connectivity index (χ1n) is 6.44. The summed E-state index contributed by atoms with van der Waals surface area (Å²) in [6.07, 6.45) is 9.57. The molecule has 0 saturated heterocycles. The maximum Gasteiger partial charge on any atom is 0.137 e. The lowest BCUT2D eigenvalue weighted by Crippen LogP contribution is -2.36. The molecule has 0 bridgehead atoms. The van der Waals surface area contributed by atoms with Gasteiger partial charge in [0.05, 0.1) is 0 Å². The minimum atomic E-state index is 0.642. The molecule has 1 atom stereocenters. The van der Waals surface area contributed by atoms with Crippen LogP contribution in [-0.4, -0.2) is 27.8 Å². The minimum Gasteiger partial charge on any atom is -0.314 e. The quantitative estimate of drug-likeness (QED) is 0.800. The zero-order valence-electron chi connectivity index (χ0n) is 10.1. The highest BCUT2D eigenvalue weighted by Crippen LogP contribution is 2.26. The molecule has 4 nitrogen and oxygen atoms in total. The smallest absolute Gasteiger partial charge is 0.137 e. The van der Waals surface area contributed by atoms with Gasteiger partial charge in [-0.15, -0.1) is 0 Å². The number of H-pyrrole nitrogens is 1. The molecule has 2 N–H and O–H groups in total. The highest BCUT2D eigenvalue weighted by molar-refractivity contribution is 4.82. The maximum absolute atomic E-state index is 4.12. The van der Waals surface area contributed by atoms with Crippen molar-refractivity contribution in [1.29, 1.82) is 0 Å². The van der Waals surface area contributed by atoms with Gasteiger partial charge in [-0.25, -0.2) is 4.98 Å². The third kappa shape index (κ3) is 3.30. The Bertz CT molecular complexity index is 277. The minimum absolute atomic E-state index is 0.642. The second-order valence-corrected chi connectivity index (χ2v) is 4.82. The number of nitrogens with one attached hydrogen (secondary N) is 2. The SMILES string of the molecule is CC(NCCc1ncn[nH]1)C1CCCCC1. The Kier molecular flexibility index (Phi) is 4.34. The van der Waals surface area contributed by atoms with Crippen LogP contribution in [0.2, 0.25) is 0 Å². The van der Waals surface area contributed by atoms with Gasteiger partial charge in [0.25, 0.3) is 0 Å². The van der Waals surface area contributed by atoms with Crippen molar-refractivity contribution in [1.82, 2.24) is 20.5 Å². The number of rotatable bonds is 5. The third-order valence-corrected chi connectivity index (χ3v) is 3.65. The van der Waals surface area contributed by atoms with Crippen LogP contribution in [0, 0.1) is 5.92 Å². The van der Waals surface area contributed by atoms with E-state index in [1.54, 1.807) is 6.33 Å². The molecule has 0 radical (unpaired) electrons. The predicted octanol–water partition coefficient (Wildman–Crippen LogP) is 1.91. The number of aromatic amines is 1. The van der Waals surface area contributed by atoms with Gasteiger partial charge in [0.15, 0.2) is 0 Å². The maximum atomic E-state index is 4.12.